The quantitative estimate of drug-likeness (QED) is 0.824. The molecule has 0 spiro atoms. The second kappa shape index (κ2) is 6.21. The van der Waals surface area contributed by atoms with Gasteiger partial charge in [-0.3, -0.25) is 0 Å². The number of benzene rings is 2. The summed E-state index contributed by atoms with van der Waals surface area (Å²) in [4.78, 5) is 0. The van der Waals surface area contributed by atoms with Crippen LogP contribution in [-0.4, -0.2) is 0 Å². The van der Waals surface area contributed by atoms with Gasteiger partial charge in [-0.25, -0.2) is 4.39 Å². The summed E-state index contributed by atoms with van der Waals surface area (Å²) in [5.74, 6) is 0.693. The SMILES string of the molecule is CC(C)c1ccccc1OCc1ccc(F)c(C#N)c1. The third-order valence-electron chi connectivity index (χ3n) is 3.09. The standard InChI is InChI=1S/C17H16FNO/c1-12(2)15-5-3-4-6-17(15)20-11-13-7-8-16(18)14(9-13)10-19/h3-9,12H,11H2,1-2H3. The first-order valence-corrected chi connectivity index (χ1v) is 6.52. The van der Waals surface area contributed by atoms with Gasteiger partial charge in [-0.05, 0) is 35.2 Å². The van der Waals surface area contributed by atoms with E-state index in [1.807, 2.05) is 30.3 Å². The van der Waals surface area contributed by atoms with Crippen molar-refractivity contribution < 1.29 is 9.13 Å². The van der Waals surface area contributed by atoms with E-state index in [0.29, 0.717) is 12.5 Å². The molecular formula is C17H16FNO. The van der Waals surface area contributed by atoms with Crippen molar-refractivity contribution in [2.45, 2.75) is 26.4 Å². The number of nitriles is 1. The minimum absolute atomic E-state index is 0.0447. The second-order valence-corrected chi connectivity index (χ2v) is 4.91. The van der Waals surface area contributed by atoms with Crippen molar-refractivity contribution in [3.8, 4) is 11.8 Å². The molecule has 0 aliphatic heterocycles. The Balaban J connectivity index is 2.15. The highest BCUT2D eigenvalue weighted by molar-refractivity contribution is 5.37. The van der Waals surface area contributed by atoms with Crippen LogP contribution in [0.2, 0.25) is 0 Å². The Morgan fingerprint density at radius 2 is 1.95 bits per heavy atom. The molecule has 0 atom stereocenters. The lowest BCUT2D eigenvalue weighted by atomic mass is 10.0. The molecule has 0 amide bonds. The van der Waals surface area contributed by atoms with Gasteiger partial charge in [0.2, 0.25) is 0 Å². The Bertz CT molecular complexity index is 644. The molecule has 102 valence electrons. The number of hydrogen-bond acceptors (Lipinski definition) is 2. The number of rotatable bonds is 4. The molecule has 0 radical (unpaired) electrons. The Labute approximate surface area is 118 Å². The van der Waals surface area contributed by atoms with Crippen molar-refractivity contribution in [3.63, 3.8) is 0 Å². The lowest BCUT2D eigenvalue weighted by Crippen LogP contribution is -2.00. The van der Waals surface area contributed by atoms with E-state index in [0.717, 1.165) is 16.9 Å². The molecule has 2 aromatic carbocycles. The van der Waals surface area contributed by atoms with Crippen molar-refractivity contribution in [1.29, 1.82) is 5.26 Å². The summed E-state index contributed by atoms with van der Waals surface area (Å²) in [5, 5.41) is 8.81. The molecule has 20 heavy (non-hydrogen) atoms. The first kappa shape index (κ1) is 14.1. The van der Waals surface area contributed by atoms with E-state index < -0.39 is 5.82 Å². The van der Waals surface area contributed by atoms with Crippen molar-refractivity contribution in [2.75, 3.05) is 0 Å². The summed E-state index contributed by atoms with van der Waals surface area (Å²) in [6.07, 6.45) is 0. The third kappa shape index (κ3) is 3.16. The van der Waals surface area contributed by atoms with Crippen molar-refractivity contribution >= 4 is 0 Å². The third-order valence-corrected chi connectivity index (χ3v) is 3.09. The van der Waals surface area contributed by atoms with Crippen LogP contribution >= 0.6 is 0 Å². The zero-order valence-electron chi connectivity index (χ0n) is 11.6. The molecule has 0 unspecified atom stereocenters. The van der Waals surface area contributed by atoms with Gasteiger partial charge in [0.05, 0.1) is 5.56 Å². The van der Waals surface area contributed by atoms with Gasteiger partial charge >= 0.3 is 0 Å². The van der Waals surface area contributed by atoms with E-state index in [1.54, 1.807) is 6.07 Å². The van der Waals surface area contributed by atoms with Gasteiger partial charge in [0.25, 0.3) is 0 Å². The van der Waals surface area contributed by atoms with E-state index in [4.69, 9.17) is 10.00 Å². The van der Waals surface area contributed by atoms with Crippen molar-refractivity contribution in [3.05, 3.63) is 65.0 Å². The maximum Gasteiger partial charge on any atom is 0.140 e. The number of ether oxygens (including phenoxy) is 1. The van der Waals surface area contributed by atoms with Crippen LogP contribution < -0.4 is 4.74 Å². The van der Waals surface area contributed by atoms with E-state index in [2.05, 4.69) is 13.8 Å². The Morgan fingerprint density at radius 1 is 1.20 bits per heavy atom. The van der Waals surface area contributed by atoms with Gasteiger partial charge in [0, 0.05) is 0 Å². The summed E-state index contributed by atoms with van der Waals surface area (Å²) in [5.41, 5.74) is 1.96. The van der Waals surface area contributed by atoms with E-state index in [-0.39, 0.29) is 5.56 Å². The summed E-state index contributed by atoms with van der Waals surface area (Å²) < 4.78 is 19.0. The highest BCUT2D eigenvalue weighted by Gasteiger charge is 2.08. The molecule has 2 rings (SSSR count). The molecular weight excluding hydrogens is 253 g/mol. The van der Waals surface area contributed by atoms with Crippen LogP contribution in [0.4, 0.5) is 4.39 Å². The smallest absolute Gasteiger partial charge is 0.140 e. The van der Waals surface area contributed by atoms with Crippen LogP contribution in [0.25, 0.3) is 0 Å². The van der Waals surface area contributed by atoms with Gasteiger partial charge in [-0.15, -0.1) is 0 Å². The molecule has 0 saturated heterocycles. The first-order valence-electron chi connectivity index (χ1n) is 6.52. The van der Waals surface area contributed by atoms with Crippen LogP contribution in [0.15, 0.2) is 42.5 Å². The van der Waals surface area contributed by atoms with Gasteiger partial charge in [0.1, 0.15) is 24.2 Å². The molecule has 0 aliphatic carbocycles. The summed E-state index contributed by atoms with van der Waals surface area (Å²) in [6.45, 7) is 4.53. The molecule has 2 aromatic rings. The number of halogens is 1. The summed E-state index contributed by atoms with van der Waals surface area (Å²) >= 11 is 0. The topological polar surface area (TPSA) is 33.0 Å². The van der Waals surface area contributed by atoms with E-state index in [9.17, 15) is 4.39 Å². The fourth-order valence-electron chi connectivity index (χ4n) is 2.00. The van der Waals surface area contributed by atoms with Gasteiger partial charge in [-0.2, -0.15) is 5.26 Å². The molecule has 0 heterocycles. The van der Waals surface area contributed by atoms with E-state index >= 15 is 0 Å². The molecule has 0 N–H and O–H groups in total. The van der Waals surface area contributed by atoms with Crippen molar-refractivity contribution in [2.24, 2.45) is 0 Å². The predicted octanol–water partition coefficient (Wildman–Crippen LogP) is 4.40. The maximum atomic E-state index is 13.2. The van der Waals surface area contributed by atoms with Gasteiger partial charge < -0.3 is 4.74 Å². The summed E-state index contributed by atoms with van der Waals surface area (Å²) in [6, 6.07) is 14.1. The minimum Gasteiger partial charge on any atom is -0.489 e. The largest absolute Gasteiger partial charge is 0.489 e. The lowest BCUT2D eigenvalue weighted by molar-refractivity contribution is 0.301. The van der Waals surface area contributed by atoms with Crippen LogP contribution in [0.5, 0.6) is 5.75 Å². The van der Waals surface area contributed by atoms with E-state index in [1.165, 1.54) is 12.1 Å². The number of hydrogen-bond donors (Lipinski definition) is 0. The second-order valence-electron chi connectivity index (χ2n) is 4.91. The Kier molecular flexibility index (Phi) is 4.37. The molecule has 0 saturated carbocycles. The molecule has 0 fully saturated rings. The fraction of sp³-hybridized carbons (Fsp3) is 0.235. The predicted molar refractivity (Wildman–Crippen MR) is 76.0 cm³/mol. The van der Waals surface area contributed by atoms with Crippen LogP contribution in [0.1, 0.15) is 36.5 Å². The highest BCUT2D eigenvalue weighted by atomic mass is 19.1. The zero-order valence-corrected chi connectivity index (χ0v) is 11.6. The Morgan fingerprint density at radius 3 is 2.65 bits per heavy atom. The lowest BCUT2D eigenvalue weighted by Gasteiger charge is -2.14. The number of nitrogens with zero attached hydrogens (tertiary/aromatic N) is 1. The molecule has 0 aliphatic rings. The fourth-order valence-corrected chi connectivity index (χ4v) is 2.00. The first-order chi connectivity index (χ1) is 9.61. The average Bonchev–Trinajstić information content (AvgIpc) is 2.46. The molecule has 0 aromatic heterocycles. The monoisotopic (exact) mass is 269 g/mol. The van der Waals surface area contributed by atoms with Gasteiger partial charge in [-0.1, -0.05) is 38.1 Å². The normalized spacial score (nSPS) is 10.3. The maximum absolute atomic E-state index is 13.2. The minimum atomic E-state index is -0.501. The van der Waals surface area contributed by atoms with Crippen LogP contribution in [0.3, 0.4) is 0 Å². The van der Waals surface area contributed by atoms with Crippen molar-refractivity contribution in [1.82, 2.24) is 0 Å². The molecule has 0 bridgehead atoms. The number of para-hydroxylation sites is 1. The van der Waals surface area contributed by atoms with Gasteiger partial charge in [0.15, 0.2) is 0 Å². The average molecular weight is 269 g/mol. The molecule has 3 heteroatoms. The highest BCUT2D eigenvalue weighted by Crippen LogP contribution is 2.26. The molecule has 2 nitrogen and oxygen atoms in total. The van der Waals surface area contributed by atoms with Crippen LogP contribution in [-0.2, 0) is 6.61 Å². The summed E-state index contributed by atoms with van der Waals surface area (Å²) in [7, 11) is 0. The Hall–Kier alpha value is -2.34. The van der Waals surface area contributed by atoms with Crippen LogP contribution in [0, 0.1) is 17.1 Å². The zero-order chi connectivity index (χ0) is 14.5.